The highest BCUT2D eigenvalue weighted by Crippen LogP contribution is 2.39. The molecule has 2 aromatic rings. The molecule has 1 aliphatic rings. The van der Waals surface area contributed by atoms with Crippen molar-refractivity contribution in [1.82, 2.24) is 0 Å². The summed E-state index contributed by atoms with van der Waals surface area (Å²) in [5, 5.41) is 0. The number of methoxy groups -OCH3 is 2. The van der Waals surface area contributed by atoms with Crippen LogP contribution in [0.2, 0.25) is 0 Å². The van der Waals surface area contributed by atoms with E-state index in [-0.39, 0.29) is 11.9 Å². The van der Waals surface area contributed by atoms with Gasteiger partial charge in [0.1, 0.15) is 17.5 Å². The lowest BCUT2D eigenvalue weighted by molar-refractivity contribution is -0.126. The predicted octanol–water partition coefficient (Wildman–Crippen LogP) is 2.12. The molecular formula is C17H18N2O3. The third-order valence-corrected chi connectivity index (χ3v) is 3.93. The Bertz CT molecular complexity index is 685. The first kappa shape index (κ1) is 14.4. The molecule has 2 aromatic carbocycles. The standard InChI is InChI=1S/C17H18N2O3/c1-21-13-8-6-11(7-9-13)16-15(18)17(20)19(16)12-4-3-5-14(10-12)22-2/h3-10,15-16H,18H2,1-2H3. The number of benzene rings is 2. The van der Waals surface area contributed by atoms with E-state index in [0.29, 0.717) is 5.75 Å². The minimum absolute atomic E-state index is 0.0888. The number of nitrogens with two attached hydrogens (primary N) is 1. The third-order valence-electron chi connectivity index (χ3n) is 3.93. The van der Waals surface area contributed by atoms with E-state index >= 15 is 0 Å². The second kappa shape index (κ2) is 5.69. The fraction of sp³-hybridized carbons (Fsp3) is 0.235. The number of hydrogen-bond donors (Lipinski definition) is 1. The molecule has 5 nitrogen and oxygen atoms in total. The molecule has 0 saturated carbocycles. The average molecular weight is 298 g/mol. The molecule has 1 saturated heterocycles. The number of carbonyl (C=O) groups excluding carboxylic acids is 1. The fourth-order valence-corrected chi connectivity index (χ4v) is 2.72. The van der Waals surface area contributed by atoms with Gasteiger partial charge in [0.15, 0.2) is 0 Å². The van der Waals surface area contributed by atoms with Gasteiger partial charge in [-0.05, 0) is 29.8 Å². The number of nitrogens with zero attached hydrogens (tertiary/aromatic N) is 1. The van der Waals surface area contributed by atoms with E-state index in [1.807, 2.05) is 48.5 Å². The zero-order valence-corrected chi connectivity index (χ0v) is 12.5. The molecule has 1 fully saturated rings. The van der Waals surface area contributed by atoms with Crippen LogP contribution in [0.4, 0.5) is 5.69 Å². The molecule has 1 heterocycles. The molecule has 3 rings (SSSR count). The molecule has 0 aliphatic carbocycles. The molecule has 0 aromatic heterocycles. The molecule has 2 unspecified atom stereocenters. The molecule has 1 aliphatic heterocycles. The van der Waals surface area contributed by atoms with E-state index in [1.165, 1.54) is 0 Å². The summed E-state index contributed by atoms with van der Waals surface area (Å²) in [7, 11) is 3.22. The van der Waals surface area contributed by atoms with E-state index < -0.39 is 6.04 Å². The second-order valence-corrected chi connectivity index (χ2v) is 5.15. The third kappa shape index (κ3) is 2.29. The molecule has 22 heavy (non-hydrogen) atoms. The largest absolute Gasteiger partial charge is 0.497 e. The van der Waals surface area contributed by atoms with Gasteiger partial charge in [-0.2, -0.15) is 0 Å². The first-order valence-electron chi connectivity index (χ1n) is 7.02. The van der Waals surface area contributed by atoms with Crippen LogP contribution >= 0.6 is 0 Å². The van der Waals surface area contributed by atoms with Crippen LogP contribution in [0, 0.1) is 0 Å². The van der Waals surface area contributed by atoms with Crippen molar-refractivity contribution in [2.45, 2.75) is 12.1 Å². The van der Waals surface area contributed by atoms with Gasteiger partial charge < -0.3 is 20.1 Å². The molecule has 2 atom stereocenters. The normalized spacial score (nSPS) is 20.5. The Labute approximate surface area is 129 Å². The van der Waals surface area contributed by atoms with Crippen molar-refractivity contribution in [1.29, 1.82) is 0 Å². The van der Waals surface area contributed by atoms with Crippen LogP contribution < -0.4 is 20.1 Å². The van der Waals surface area contributed by atoms with Crippen LogP contribution in [0.3, 0.4) is 0 Å². The maximum absolute atomic E-state index is 12.2. The van der Waals surface area contributed by atoms with E-state index in [2.05, 4.69) is 0 Å². The summed E-state index contributed by atoms with van der Waals surface area (Å²) in [4.78, 5) is 13.9. The molecule has 0 bridgehead atoms. The van der Waals surface area contributed by atoms with Crippen molar-refractivity contribution < 1.29 is 14.3 Å². The Morgan fingerprint density at radius 3 is 2.32 bits per heavy atom. The highest BCUT2D eigenvalue weighted by Gasteiger charge is 2.46. The SMILES string of the molecule is COc1ccc(C2C(N)C(=O)N2c2cccc(OC)c2)cc1. The molecule has 5 heteroatoms. The van der Waals surface area contributed by atoms with Crippen molar-refractivity contribution in [2.24, 2.45) is 5.73 Å². The Balaban J connectivity index is 1.93. The topological polar surface area (TPSA) is 64.8 Å². The van der Waals surface area contributed by atoms with Gasteiger partial charge in [0.25, 0.3) is 0 Å². The number of amides is 1. The van der Waals surface area contributed by atoms with Crippen LogP contribution in [0.5, 0.6) is 11.5 Å². The predicted molar refractivity (Wildman–Crippen MR) is 84.2 cm³/mol. The van der Waals surface area contributed by atoms with E-state index in [9.17, 15) is 4.79 Å². The minimum atomic E-state index is -0.528. The van der Waals surface area contributed by atoms with E-state index in [4.69, 9.17) is 15.2 Å². The van der Waals surface area contributed by atoms with Crippen LogP contribution in [0.25, 0.3) is 0 Å². The summed E-state index contributed by atoms with van der Waals surface area (Å²) in [5.41, 5.74) is 7.78. The maximum Gasteiger partial charge on any atom is 0.247 e. The number of rotatable bonds is 4. The molecular weight excluding hydrogens is 280 g/mol. The number of ether oxygens (including phenoxy) is 2. The number of hydrogen-bond acceptors (Lipinski definition) is 4. The zero-order chi connectivity index (χ0) is 15.7. The zero-order valence-electron chi connectivity index (χ0n) is 12.5. The summed E-state index contributed by atoms with van der Waals surface area (Å²) in [6.45, 7) is 0. The van der Waals surface area contributed by atoms with Gasteiger partial charge in [-0.3, -0.25) is 4.79 Å². The van der Waals surface area contributed by atoms with Gasteiger partial charge >= 0.3 is 0 Å². The van der Waals surface area contributed by atoms with Gasteiger partial charge in [-0.25, -0.2) is 0 Å². The van der Waals surface area contributed by atoms with Crippen molar-refractivity contribution >= 4 is 11.6 Å². The molecule has 2 N–H and O–H groups in total. The van der Waals surface area contributed by atoms with Gasteiger partial charge in [0.05, 0.1) is 20.3 Å². The Morgan fingerprint density at radius 1 is 1.00 bits per heavy atom. The van der Waals surface area contributed by atoms with Crippen molar-refractivity contribution in [3.05, 3.63) is 54.1 Å². The Morgan fingerprint density at radius 2 is 1.68 bits per heavy atom. The van der Waals surface area contributed by atoms with Gasteiger partial charge in [-0.1, -0.05) is 18.2 Å². The summed E-state index contributed by atoms with van der Waals surface area (Å²) < 4.78 is 10.4. The number of anilines is 1. The monoisotopic (exact) mass is 298 g/mol. The summed E-state index contributed by atoms with van der Waals surface area (Å²) >= 11 is 0. The van der Waals surface area contributed by atoms with Gasteiger partial charge in [0.2, 0.25) is 5.91 Å². The molecule has 1 amide bonds. The van der Waals surface area contributed by atoms with E-state index in [0.717, 1.165) is 17.0 Å². The summed E-state index contributed by atoms with van der Waals surface area (Å²) in [6.07, 6.45) is 0. The van der Waals surface area contributed by atoms with Crippen LogP contribution in [0.15, 0.2) is 48.5 Å². The first-order chi connectivity index (χ1) is 10.7. The Hall–Kier alpha value is -2.53. The highest BCUT2D eigenvalue weighted by atomic mass is 16.5. The average Bonchev–Trinajstić information content (AvgIpc) is 2.58. The van der Waals surface area contributed by atoms with Crippen molar-refractivity contribution in [3.8, 4) is 11.5 Å². The summed E-state index contributed by atoms with van der Waals surface area (Å²) in [6, 6.07) is 14.3. The minimum Gasteiger partial charge on any atom is -0.497 e. The van der Waals surface area contributed by atoms with Crippen molar-refractivity contribution in [3.63, 3.8) is 0 Å². The Kier molecular flexibility index (Phi) is 3.73. The van der Waals surface area contributed by atoms with Gasteiger partial charge in [-0.15, -0.1) is 0 Å². The quantitative estimate of drug-likeness (QED) is 0.878. The van der Waals surface area contributed by atoms with E-state index in [1.54, 1.807) is 19.1 Å². The molecule has 114 valence electrons. The van der Waals surface area contributed by atoms with Crippen LogP contribution in [-0.4, -0.2) is 26.2 Å². The lowest BCUT2D eigenvalue weighted by atomic mass is 9.88. The molecule has 0 radical (unpaired) electrons. The second-order valence-electron chi connectivity index (χ2n) is 5.15. The van der Waals surface area contributed by atoms with Crippen LogP contribution in [-0.2, 0) is 4.79 Å². The molecule has 0 spiro atoms. The fourth-order valence-electron chi connectivity index (χ4n) is 2.72. The smallest absolute Gasteiger partial charge is 0.247 e. The summed E-state index contributed by atoms with van der Waals surface area (Å²) in [5.74, 6) is 1.39. The lowest BCUT2D eigenvalue weighted by Gasteiger charge is -2.45. The van der Waals surface area contributed by atoms with Gasteiger partial charge in [0, 0.05) is 11.8 Å². The lowest BCUT2D eigenvalue weighted by Crippen LogP contribution is -2.63. The first-order valence-corrected chi connectivity index (χ1v) is 7.02. The highest BCUT2D eigenvalue weighted by molar-refractivity contribution is 6.05. The maximum atomic E-state index is 12.2. The van der Waals surface area contributed by atoms with Crippen LogP contribution in [0.1, 0.15) is 11.6 Å². The number of carbonyl (C=O) groups is 1. The van der Waals surface area contributed by atoms with Crippen molar-refractivity contribution in [2.75, 3.05) is 19.1 Å². The number of β-lactam (4-membered cyclic amide) rings is 1.